The molecule has 8 heteroatoms. The fourth-order valence-corrected chi connectivity index (χ4v) is 5.48. The van der Waals surface area contributed by atoms with E-state index in [1.807, 2.05) is 0 Å². The third kappa shape index (κ3) is 2.96. The van der Waals surface area contributed by atoms with E-state index in [4.69, 9.17) is 0 Å². The van der Waals surface area contributed by atoms with Gasteiger partial charge in [-0.2, -0.15) is 4.31 Å². The molecule has 0 N–H and O–H groups in total. The van der Waals surface area contributed by atoms with Crippen LogP contribution in [0.4, 0.5) is 4.39 Å². The highest BCUT2D eigenvalue weighted by Crippen LogP contribution is 2.22. The maximum atomic E-state index is 12.8. The fourth-order valence-electron chi connectivity index (χ4n) is 2.08. The lowest BCUT2D eigenvalue weighted by Gasteiger charge is -2.32. The van der Waals surface area contributed by atoms with E-state index in [0.29, 0.717) is 0 Å². The van der Waals surface area contributed by atoms with Crippen LogP contribution in [0.15, 0.2) is 29.2 Å². The highest BCUT2D eigenvalue weighted by atomic mass is 32.2. The number of sulfonamides is 1. The Bertz CT molecular complexity index is 667. The average Bonchev–Trinajstić information content (AvgIpc) is 2.27. The van der Waals surface area contributed by atoms with Crippen LogP contribution in [-0.4, -0.2) is 45.2 Å². The van der Waals surface area contributed by atoms with Gasteiger partial charge in [0, 0.05) is 12.6 Å². The normalized spacial score (nSPS) is 24.2. The number of hydrogen-bond donors (Lipinski definition) is 0. The summed E-state index contributed by atoms with van der Waals surface area (Å²) in [6.07, 6.45) is 0. The van der Waals surface area contributed by atoms with Crippen molar-refractivity contribution in [2.75, 3.05) is 18.1 Å². The van der Waals surface area contributed by atoms with E-state index in [2.05, 4.69) is 0 Å². The van der Waals surface area contributed by atoms with Gasteiger partial charge in [0.25, 0.3) is 0 Å². The molecule has 1 aromatic carbocycles. The second-order valence-electron chi connectivity index (χ2n) is 4.53. The monoisotopic (exact) mass is 307 g/mol. The first-order valence-electron chi connectivity index (χ1n) is 5.70. The Labute approximate surface area is 112 Å². The van der Waals surface area contributed by atoms with Gasteiger partial charge in [0.2, 0.25) is 10.0 Å². The zero-order valence-electron chi connectivity index (χ0n) is 10.3. The number of nitrogens with zero attached hydrogens (tertiary/aromatic N) is 1. The molecule has 1 saturated heterocycles. The molecule has 1 fully saturated rings. The molecule has 0 spiro atoms. The molecule has 0 aromatic heterocycles. The lowest BCUT2D eigenvalue weighted by Crippen LogP contribution is -2.49. The molecule has 19 heavy (non-hydrogen) atoms. The van der Waals surface area contributed by atoms with Gasteiger partial charge < -0.3 is 0 Å². The summed E-state index contributed by atoms with van der Waals surface area (Å²) in [6.45, 7) is 1.49. The van der Waals surface area contributed by atoms with E-state index in [9.17, 15) is 21.2 Å². The molecule has 1 heterocycles. The van der Waals surface area contributed by atoms with Crippen LogP contribution >= 0.6 is 0 Å². The minimum atomic E-state index is -3.78. The predicted molar refractivity (Wildman–Crippen MR) is 68.4 cm³/mol. The zero-order valence-corrected chi connectivity index (χ0v) is 11.9. The highest BCUT2D eigenvalue weighted by Gasteiger charge is 2.36. The van der Waals surface area contributed by atoms with Crippen LogP contribution in [0.5, 0.6) is 0 Å². The summed E-state index contributed by atoms with van der Waals surface area (Å²) in [5.74, 6) is -0.890. The fraction of sp³-hybridized carbons (Fsp3) is 0.455. The van der Waals surface area contributed by atoms with Crippen molar-refractivity contribution in [3.8, 4) is 0 Å². The van der Waals surface area contributed by atoms with Crippen molar-refractivity contribution in [1.29, 1.82) is 0 Å². The molecule has 0 bridgehead atoms. The smallest absolute Gasteiger partial charge is 0.229 e. The summed E-state index contributed by atoms with van der Waals surface area (Å²) >= 11 is 0. The molecule has 106 valence electrons. The first-order chi connectivity index (χ1) is 8.72. The summed E-state index contributed by atoms with van der Waals surface area (Å²) < 4.78 is 61.5. The van der Waals surface area contributed by atoms with Gasteiger partial charge in [-0.1, -0.05) is 0 Å². The molecule has 0 saturated carbocycles. The Hall–Kier alpha value is -0.990. The number of sulfone groups is 1. The molecule has 5 nitrogen and oxygen atoms in total. The Kier molecular flexibility index (Phi) is 3.67. The van der Waals surface area contributed by atoms with Gasteiger partial charge in [0.15, 0.2) is 9.84 Å². The molecular weight excluding hydrogens is 293 g/mol. The second kappa shape index (κ2) is 4.84. The van der Waals surface area contributed by atoms with Crippen molar-refractivity contribution in [2.45, 2.75) is 17.9 Å². The highest BCUT2D eigenvalue weighted by molar-refractivity contribution is 7.92. The molecule has 1 unspecified atom stereocenters. The molecule has 1 aromatic rings. The third-order valence-corrected chi connectivity index (χ3v) is 6.85. The Balaban J connectivity index is 2.33. The number of halogens is 1. The summed E-state index contributed by atoms with van der Waals surface area (Å²) in [5.41, 5.74) is 0. The lowest BCUT2D eigenvalue weighted by molar-refractivity contribution is 0.357. The van der Waals surface area contributed by atoms with Crippen molar-refractivity contribution in [3.05, 3.63) is 30.1 Å². The predicted octanol–water partition coefficient (Wildman–Crippen LogP) is 0.633. The Morgan fingerprint density at radius 1 is 1.26 bits per heavy atom. The minimum absolute atomic E-state index is 0.0277. The Morgan fingerprint density at radius 2 is 1.84 bits per heavy atom. The van der Waals surface area contributed by atoms with Crippen molar-refractivity contribution in [3.63, 3.8) is 0 Å². The maximum absolute atomic E-state index is 12.8. The van der Waals surface area contributed by atoms with Crippen molar-refractivity contribution in [2.24, 2.45) is 0 Å². The van der Waals surface area contributed by atoms with E-state index >= 15 is 0 Å². The van der Waals surface area contributed by atoms with Crippen molar-refractivity contribution in [1.82, 2.24) is 4.31 Å². The molecule has 1 atom stereocenters. The van der Waals surface area contributed by atoms with Gasteiger partial charge in [-0.05, 0) is 31.2 Å². The van der Waals surface area contributed by atoms with Gasteiger partial charge in [-0.15, -0.1) is 0 Å². The first kappa shape index (κ1) is 14.4. The standard InChI is InChI=1S/C11H14FNO4S2/c1-9-8-18(14,15)7-6-13(9)19(16,17)11-4-2-10(12)3-5-11/h2-5,9H,6-8H2,1H3. The molecular formula is C11H14FNO4S2. The molecule has 0 amide bonds. The van der Waals surface area contributed by atoms with Gasteiger partial charge in [0.1, 0.15) is 5.82 Å². The molecule has 0 aliphatic carbocycles. The number of benzene rings is 1. The molecule has 0 radical (unpaired) electrons. The van der Waals surface area contributed by atoms with E-state index in [1.54, 1.807) is 6.92 Å². The van der Waals surface area contributed by atoms with E-state index in [1.165, 1.54) is 12.1 Å². The largest absolute Gasteiger partial charge is 0.243 e. The summed E-state index contributed by atoms with van der Waals surface area (Å²) in [6, 6.07) is 3.88. The third-order valence-electron chi connectivity index (χ3n) is 3.03. The Morgan fingerprint density at radius 3 is 2.37 bits per heavy atom. The maximum Gasteiger partial charge on any atom is 0.243 e. The molecule has 1 aliphatic rings. The summed E-state index contributed by atoms with van der Waals surface area (Å²) in [4.78, 5) is -0.0277. The van der Waals surface area contributed by atoms with Crippen LogP contribution < -0.4 is 0 Å². The van der Waals surface area contributed by atoms with Crippen LogP contribution in [0.3, 0.4) is 0 Å². The topological polar surface area (TPSA) is 71.5 Å². The van der Waals surface area contributed by atoms with Crippen LogP contribution in [0.25, 0.3) is 0 Å². The average molecular weight is 307 g/mol. The zero-order chi connectivity index (χ0) is 14.3. The van der Waals surface area contributed by atoms with Crippen LogP contribution in [0.2, 0.25) is 0 Å². The van der Waals surface area contributed by atoms with Gasteiger partial charge in [-0.3, -0.25) is 0 Å². The minimum Gasteiger partial charge on any atom is -0.229 e. The number of hydrogen-bond acceptors (Lipinski definition) is 4. The van der Waals surface area contributed by atoms with Crippen molar-refractivity contribution >= 4 is 19.9 Å². The second-order valence-corrected chi connectivity index (χ2v) is 8.65. The quantitative estimate of drug-likeness (QED) is 0.803. The summed E-state index contributed by atoms with van der Waals surface area (Å²) in [5, 5.41) is 0. The van der Waals surface area contributed by atoms with Crippen molar-refractivity contribution < 1.29 is 21.2 Å². The van der Waals surface area contributed by atoms with Gasteiger partial charge in [0.05, 0.1) is 16.4 Å². The van der Waals surface area contributed by atoms with E-state index in [-0.39, 0.29) is 22.9 Å². The van der Waals surface area contributed by atoms with E-state index < -0.39 is 31.7 Å². The van der Waals surface area contributed by atoms with Crippen LogP contribution in [0.1, 0.15) is 6.92 Å². The summed E-state index contributed by atoms with van der Waals surface area (Å²) in [7, 11) is -6.96. The van der Waals surface area contributed by atoms with Gasteiger partial charge >= 0.3 is 0 Å². The molecule has 2 rings (SSSR count). The SMILES string of the molecule is CC1CS(=O)(=O)CCN1S(=O)(=O)c1ccc(F)cc1. The van der Waals surface area contributed by atoms with Crippen LogP contribution in [0, 0.1) is 5.82 Å². The van der Waals surface area contributed by atoms with Gasteiger partial charge in [-0.25, -0.2) is 21.2 Å². The first-order valence-corrected chi connectivity index (χ1v) is 8.96. The number of rotatable bonds is 2. The molecule has 1 aliphatic heterocycles. The van der Waals surface area contributed by atoms with Crippen LogP contribution in [-0.2, 0) is 19.9 Å². The van der Waals surface area contributed by atoms with E-state index in [0.717, 1.165) is 16.4 Å². The lowest BCUT2D eigenvalue weighted by atomic mass is 10.3.